The van der Waals surface area contributed by atoms with Crippen LogP contribution < -0.4 is 0 Å². The van der Waals surface area contributed by atoms with E-state index in [0.717, 1.165) is 35.4 Å². The molecule has 1 aliphatic rings. The van der Waals surface area contributed by atoms with Gasteiger partial charge in [-0.15, -0.1) is 0 Å². The fraction of sp³-hybridized carbons (Fsp3) is 0.462. The number of imidazole rings is 1. The average molecular weight is 245 g/mol. The number of nitrogens with zero attached hydrogens (tertiary/aromatic N) is 2. The van der Waals surface area contributed by atoms with E-state index >= 15 is 0 Å². The van der Waals surface area contributed by atoms with Crippen LogP contribution in [0, 0.1) is 12.8 Å². The number of aryl methyl sites for hydroxylation is 1. The highest BCUT2D eigenvalue weighted by Crippen LogP contribution is 2.37. The van der Waals surface area contributed by atoms with Crippen molar-refractivity contribution in [3.8, 4) is 0 Å². The molecule has 2 heterocycles. The summed E-state index contributed by atoms with van der Waals surface area (Å²) in [6.45, 7) is 2.01. The molecule has 0 radical (unpaired) electrons. The van der Waals surface area contributed by atoms with Gasteiger partial charge in [0, 0.05) is 12.1 Å². The second kappa shape index (κ2) is 4.08. The van der Waals surface area contributed by atoms with Gasteiger partial charge in [0.1, 0.15) is 5.82 Å². The first-order valence-corrected chi connectivity index (χ1v) is 6.19. The second-order valence-electron chi connectivity index (χ2n) is 4.99. The predicted molar refractivity (Wildman–Crippen MR) is 66.3 cm³/mol. The molecule has 0 saturated heterocycles. The van der Waals surface area contributed by atoms with Crippen molar-refractivity contribution >= 4 is 17.1 Å². The summed E-state index contributed by atoms with van der Waals surface area (Å²) in [7, 11) is 0. The van der Waals surface area contributed by atoms with Gasteiger partial charge in [-0.2, -0.15) is 0 Å². The maximum atomic E-state index is 11.0. The summed E-state index contributed by atoms with van der Waals surface area (Å²) in [5.41, 5.74) is 2.81. The molecular weight excluding hydrogens is 230 g/mol. The Morgan fingerprint density at radius 3 is 3.00 bits per heavy atom. The predicted octanol–water partition coefficient (Wildman–Crippen LogP) is 2.23. The Hall–Kier alpha value is -1.91. The number of carbonyl (C=O) groups is 1. The van der Waals surface area contributed by atoms with Gasteiger partial charge in [-0.05, 0) is 37.8 Å². The minimum Gasteiger partial charge on any atom is -0.481 e. The molecule has 2 atom stereocenters. The molecule has 0 amide bonds. The quantitative estimate of drug-likeness (QED) is 0.850. The van der Waals surface area contributed by atoms with Crippen LogP contribution in [0.5, 0.6) is 0 Å². The number of rotatable bonds is 2. The molecule has 2 aromatic heterocycles. The minimum absolute atomic E-state index is 0.222. The summed E-state index contributed by atoms with van der Waals surface area (Å²) in [6.07, 6.45) is 4.05. The lowest BCUT2D eigenvalue weighted by Crippen LogP contribution is -2.09. The Morgan fingerprint density at radius 2 is 2.33 bits per heavy atom. The smallest absolute Gasteiger partial charge is 0.306 e. The van der Waals surface area contributed by atoms with E-state index in [1.54, 1.807) is 6.20 Å². The molecule has 2 aromatic rings. The average Bonchev–Trinajstić information content (AvgIpc) is 2.95. The summed E-state index contributed by atoms with van der Waals surface area (Å²) in [4.78, 5) is 23.0. The zero-order valence-corrected chi connectivity index (χ0v) is 10.2. The SMILES string of the molecule is Cc1ccnc2nc(C3CCC(C(=O)O)C3)[nH]c12. The molecule has 0 aromatic carbocycles. The molecule has 0 aliphatic heterocycles. The number of H-pyrrole nitrogens is 1. The third kappa shape index (κ3) is 1.75. The first-order chi connectivity index (χ1) is 8.65. The molecule has 0 spiro atoms. The second-order valence-corrected chi connectivity index (χ2v) is 4.99. The summed E-state index contributed by atoms with van der Waals surface area (Å²) >= 11 is 0. The van der Waals surface area contributed by atoms with Crippen LogP contribution >= 0.6 is 0 Å². The summed E-state index contributed by atoms with van der Waals surface area (Å²) in [5.74, 6) is 0.190. The maximum absolute atomic E-state index is 11.0. The highest BCUT2D eigenvalue weighted by molar-refractivity contribution is 5.74. The molecule has 3 rings (SSSR count). The molecule has 18 heavy (non-hydrogen) atoms. The van der Waals surface area contributed by atoms with Crippen molar-refractivity contribution in [2.45, 2.75) is 32.1 Å². The van der Waals surface area contributed by atoms with Crippen LogP contribution in [-0.2, 0) is 4.79 Å². The van der Waals surface area contributed by atoms with Crippen molar-refractivity contribution in [3.05, 3.63) is 23.7 Å². The maximum Gasteiger partial charge on any atom is 0.306 e. The number of pyridine rings is 1. The zero-order chi connectivity index (χ0) is 12.7. The zero-order valence-electron chi connectivity index (χ0n) is 10.2. The van der Waals surface area contributed by atoms with E-state index in [1.807, 2.05) is 13.0 Å². The lowest BCUT2D eigenvalue weighted by atomic mass is 10.0. The van der Waals surface area contributed by atoms with Crippen LogP contribution in [0.3, 0.4) is 0 Å². The molecule has 2 N–H and O–H groups in total. The van der Waals surface area contributed by atoms with Gasteiger partial charge in [-0.25, -0.2) is 9.97 Å². The monoisotopic (exact) mass is 245 g/mol. The van der Waals surface area contributed by atoms with E-state index in [4.69, 9.17) is 5.11 Å². The van der Waals surface area contributed by atoms with Crippen molar-refractivity contribution in [1.82, 2.24) is 15.0 Å². The van der Waals surface area contributed by atoms with E-state index in [2.05, 4.69) is 15.0 Å². The van der Waals surface area contributed by atoms with Crippen molar-refractivity contribution < 1.29 is 9.90 Å². The number of hydrogen-bond donors (Lipinski definition) is 2. The molecule has 2 unspecified atom stereocenters. The number of aromatic amines is 1. The lowest BCUT2D eigenvalue weighted by Gasteiger charge is -2.04. The molecule has 5 heteroatoms. The van der Waals surface area contributed by atoms with Crippen LogP contribution in [0.2, 0.25) is 0 Å². The van der Waals surface area contributed by atoms with Crippen LogP contribution in [0.4, 0.5) is 0 Å². The van der Waals surface area contributed by atoms with Crippen LogP contribution in [-0.4, -0.2) is 26.0 Å². The minimum atomic E-state index is -0.692. The number of nitrogens with one attached hydrogen (secondary N) is 1. The van der Waals surface area contributed by atoms with Gasteiger partial charge in [-0.1, -0.05) is 0 Å². The highest BCUT2D eigenvalue weighted by atomic mass is 16.4. The van der Waals surface area contributed by atoms with Crippen molar-refractivity contribution in [1.29, 1.82) is 0 Å². The Bertz CT molecular complexity index is 605. The third-order valence-electron chi connectivity index (χ3n) is 3.79. The Balaban J connectivity index is 1.92. The number of hydrogen-bond acceptors (Lipinski definition) is 3. The molecule has 5 nitrogen and oxygen atoms in total. The number of carboxylic acid groups (broad SMARTS) is 1. The summed E-state index contributed by atoms with van der Waals surface area (Å²) < 4.78 is 0. The fourth-order valence-corrected chi connectivity index (χ4v) is 2.70. The van der Waals surface area contributed by atoms with Crippen LogP contribution in [0.25, 0.3) is 11.2 Å². The lowest BCUT2D eigenvalue weighted by molar-refractivity contribution is -0.141. The van der Waals surface area contributed by atoms with Gasteiger partial charge in [0.2, 0.25) is 0 Å². The van der Waals surface area contributed by atoms with Gasteiger partial charge >= 0.3 is 5.97 Å². The number of aromatic nitrogens is 3. The van der Waals surface area contributed by atoms with Crippen molar-refractivity contribution in [2.75, 3.05) is 0 Å². The summed E-state index contributed by atoms with van der Waals surface area (Å²) in [5, 5.41) is 9.02. The van der Waals surface area contributed by atoms with E-state index in [1.165, 1.54) is 0 Å². The summed E-state index contributed by atoms with van der Waals surface area (Å²) in [6, 6.07) is 1.94. The van der Waals surface area contributed by atoms with Gasteiger partial charge in [-0.3, -0.25) is 4.79 Å². The normalized spacial score (nSPS) is 23.6. The standard InChI is InChI=1S/C13H15N3O2/c1-7-4-5-14-12-10(7)15-11(16-12)8-2-3-9(6-8)13(17)18/h4-5,8-9H,2-3,6H2,1H3,(H,17,18)(H,14,15,16). The fourth-order valence-electron chi connectivity index (χ4n) is 2.70. The molecule has 94 valence electrons. The first kappa shape index (κ1) is 11.2. The third-order valence-corrected chi connectivity index (χ3v) is 3.79. The first-order valence-electron chi connectivity index (χ1n) is 6.19. The van der Waals surface area contributed by atoms with Crippen LogP contribution in [0.1, 0.15) is 36.6 Å². The number of fused-ring (bicyclic) bond motifs is 1. The van der Waals surface area contributed by atoms with E-state index in [9.17, 15) is 4.79 Å². The number of carboxylic acids is 1. The Morgan fingerprint density at radius 1 is 1.50 bits per heavy atom. The van der Waals surface area contributed by atoms with Crippen LogP contribution in [0.15, 0.2) is 12.3 Å². The molecule has 1 saturated carbocycles. The molecule has 0 bridgehead atoms. The Kier molecular flexibility index (Phi) is 2.54. The number of aliphatic carboxylic acids is 1. The van der Waals surface area contributed by atoms with Crippen molar-refractivity contribution in [3.63, 3.8) is 0 Å². The highest BCUT2D eigenvalue weighted by Gasteiger charge is 2.32. The van der Waals surface area contributed by atoms with Gasteiger partial charge in [0.15, 0.2) is 5.65 Å². The van der Waals surface area contributed by atoms with Gasteiger partial charge in [0.25, 0.3) is 0 Å². The topological polar surface area (TPSA) is 78.9 Å². The van der Waals surface area contributed by atoms with E-state index in [-0.39, 0.29) is 11.8 Å². The molecular formula is C13H15N3O2. The molecule has 1 fully saturated rings. The van der Waals surface area contributed by atoms with Gasteiger partial charge < -0.3 is 10.1 Å². The van der Waals surface area contributed by atoms with E-state index in [0.29, 0.717) is 6.42 Å². The largest absolute Gasteiger partial charge is 0.481 e. The van der Waals surface area contributed by atoms with Crippen molar-refractivity contribution in [2.24, 2.45) is 5.92 Å². The van der Waals surface area contributed by atoms with E-state index < -0.39 is 5.97 Å². The molecule has 1 aliphatic carbocycles. The van der Waals surface area contributed by atoms with Gasteiger partial charge in [0.05, 0.1) is 11.4 Å². The Labute approximate surface area is 104 Å².